The van der Waals surface area contributed by atoms with Crippen molar-refractivity contribution >= 4 is 44.7 Å². The number of likely N-dealkylation sites (N-methyl/N-ethyl adjacent to an activating group) is 1. The van der Waals surface area contributed by atoms with Crippen LogP contribution in [0.25, 0.3) is 44.3 Å². The minimum atomic E-state index is -0.0341. The van der Waals surface area contributed by atoms with Gasteiger partial charge in [-0.3, -0.25) is 0 Å². The minimum Gasteiger partial charge on any atom is -0.378 e. The second-order valence-electron chi connectivity index (χ2n) is 14.2. The van der Waals surface area contributed by atoms with Gasteiger partial charge in [0.25, 0.3) is 0 Å². The van der Waals surface area contributed by atoms with E-state index >= 15 is 0 Å². The summed E-state index contributed by atoms with van der Waals surface area (Å²) in [6, 6.07) is 34.1. The number of nitriles is 1. The van der Waals surface area contributed by atoms with E-state index in [1.807, 2.05) is 24.3 Å². The third-order valence-electron chi connectivity index (χ3n) is 10.6. The van der Waals surface area contributed by atoms with Gasteiger partial charge in [-0.1, -0.05) is 72.8 Å². The number of aromatic nitrogens is 3. The first kappa shape index (κ1) is 31.6. The molecule has 2 unspecified atom stereocenters. The molecule has 0 saturated carbocycles. The second-order valence-corrected chi connectivity index (χ2v) is 14.2. The van der Waals surface area contributed by atoms with Crippen LogP contribution in [0.15, 0.2) is 133 Å². The maximum atomic E-state index is 9.53. The highest BCUT2D eigenvalue weighted by molar-refractivity contribution is 6.15. The molecule has 0 N–H and O–H groups in total. The molecule has 3 heterocycles. The highest BCUT2D eigenvalue weighted by Gasteiger charge is 2.42. The smallest absolute Gasteiger partial charge is 0.231 e. The molecule has 0 saturated heterocycles. The fourth-order valence-corrected chi connectivity index (χ4v) is 7.98. The van der Waals surface area contributed by atoms with Crippen LogP contribution in [0.3, 0.4) is 0 Å². The zero-order valence-corrected chi connectivity index (χ0v) is 29.8. The highest BCUT2D eigenvalue weighted by Crippen LogP contribution is 2.53. The monoisotopic (exact) mass is 677 g/mol. The summed E-state index contributed by atoms with van der Waals surface area (Å²) in [6.45, 7) is 0. The van der Waals surface area contributed by atoms with E-state index in [1.165, 1.54) is 27.6 Å². The van der Waals surface area contributed by atoms with Gasteiger partial charge in [0.2, 0.25) is 5.95 Å². The van der Waals surface area contributed by atoms with Crippen molar-refractivity contribution < 1.29 is 0 Å². The fourth-order valence-electron chi connectivity index (χ4n) is 7.98. The van der Waals surface area contributed by atoms with E-state index in [0.717, 1.165) is 57.9 Å². The molecular weight excluding hydrogens is 639 g/mol. The first-order chi connectivity index (χ1) is 25.4. The lowest BCUT2D eigenvalue weighted by Gasteiger charge is -2.30. The largest absolute Gasteiger partial charge is 0.378 e. The lowest BCUT2D eigenvalue weighted by Crippen LogP contribution is -2.32. The Hall–Kier alpha value is -6.39. The molecule has 0 radical (unpaired) electrons. The van der Waals surface area contributed by atoms with Gasteiger partial charge in [0.05, 0.1) is 45.8 Å². The fraction of sp³-hybridized carbons (Fsp3) is 0.178. The van der Waals surface area contributed by atoms with E-state index in [1.54, 1.807) is 0 Å². The van der Waals surface area contributed by atoms with Gasteiger partial charge in [-0.2, -0.15) is 5.26 Å². The summed E-state index contributed by atoms with van der Waals surface area (Å²) in [6.07, 6.45) is 15.4. The van der Waals surface area contributed by atoms with Crippen molar-refractivity contribution in [2.75, 3.05) is 38.0 Å². The summed E-state index contributed by atoms with van der Waals surface area (Å²) >= 11 is 0. The Labute approximate surface area is 304 Å². The number of rotatable bonds is 6. The highest BCUT2D eigenvalue weighted by atomic mass is 15.3. The van der Waals surface area contributed by atoms with Crippen LogP contribution in [0.4, 0.5) is 17.3 Å². The number of fused-ring (bicyclic) bond motifs is 7. The van der Waals surface area contributed by atoms with Crippen LogP contribution < -0.4 is 9.80 Å². The third-order valence-corrected chi connectivity index (χ3v) is 10.6. The van der Waals surface area contributed by atoms with Crippen molar-refractivity contribution in [3.8, 4) is 23.0 Å². The van der Waals surface area contributed by atoms with Crippen molar-refractivity contribution in [2.45, 2.75) is 24.8 Å². The molecule has 4 aromatic carbocycles. The predicted molar refractivity (Wildman–Crippen MR) is 213 cm³/mol. The zero-order chi connectivity index (χ0) is 35.5. The summed E-state index contributed by atoms with van der Waals surface area (Å²) < 4.78 is 2.42. The summed E-state index contributed by atoms with van der Waals surface area (Å²) in [5, 5.41) is 11.9. The molecular formula is C45H39N7. The molecule has 2 atom stereocenters. The van der Waals surface area contributed by atoms with Crippen LogP contribution in [0.2, 0.25) is 0 Å². The van der Waals surface area contributed by atoms with E-state index in [9.17, 15) is 5.26 Å². The van der Waals surface area contributed by atoms with Crippen molar-refractivity contribution in [3.63, 3.8) is 0 Å². The SMILES string of the molecule is CN(C)C1=CC2c3ccc4c5cc(N(C)C)ccc5n(-c5ccccc5)c4c3N(c3nc(C4=CC=CCC4)cc(-c4ccc(C#N)cc4)n3)C2C=C1. The Balaban J connectivity index is 1.37. The Kier molecular flexibility index (Phi) is 7.55. The lowest BCUT2D eigenvalue weighted by atomic mass is 9.89. The van der Waals surface area contributed by atoms with Crippen LogP contribution in [-0.4, -0.2) is 53.7 Å². The Morgan fingerprint density at radius 2 is 1.63 bits per heavy atom. The second kappa shape index (κ2) is 12.4. The van der Waals surface area contributed by atoms with Crippen molar-refractivity contribution in [2.24, 2.45) is 0 Å². The van der Waals surface area contributed by atoms with Crippen molar-refractivity contribution in [1.29, 1.82) is 5.26 Å². The van der Waals surface area contributed by atoms with E-state index < -0.39 is 0 Å². The summed E-state index contributed by atoms with van der Waals surface area (Å²) in [5.74, 6) is 0.752. The molecule has 1 aliphatic heterocycles. The average Bonchev–Trinajstić information content (AvgIpc) is 3.70. The number of para-hydroxylation sites is 1. The number of hydrogen-bond acceptors (Lipinski definition) is 6. The van der Waals surface area contributed by atoms with Crippen molar-refractivity contribution in [3.05, 3.63) is 150 Å². The molecule has 0 spiro atoms. The van der Waals surface area contributed by atoms with E-state index in [2.05, 4.69) is 157 Å². The molecule has 7 heteroatoms. The molecule has 2 aromatic heterocycles. The van der Waals surface area contributed by atoms with Gasteiger partial charge in [0, 0.05) is 67.5 Å². The topological polar surface area (TPSA) is 64.2 Å². The first-order valence-electron chi connectivity index (χ1n) is 17.9. The first-order valence-corrected chi connectivity index (χ1v) is 17.9. The standard InChI is InChI=1S/C45H39N7/c1-49(2)33-19-23-41-37(25-33)35-21-22-36-38-26-34(50(3)4)20-24-42(38)52(44(36)43(35)51(41)32-13-9-6-10-14-32)45-47-39(30-11-7-5-8-12-30)27-40(48-45)31-17-15-29(28-46)16-18-31/h5-7,9-11,13-27,38,42H,8,12H2,1-4H3. The summed E-state index contributed by atoms with van der Waals surface area (Å²) in [7, 11) is 8.39. The number of allylic oxidation sites excluding steroid dienone is 5. The van der Waals surface area contributed by atoms with Gasteiger partial charge in [-0.25, -0.2) is 9.97 Å². The third kappa shape index (κ3) is 5.10. The van der Waals surface area contributed by atoms with Gasteiger partial charge < -0.3 is 19.3 Å². The van der Waals surface area contributed by atoms with Gasteiger partial charge in [0.15, 0.2) is 0 Å². The summed E-state index contributed by atoms with van der Waals surface area (Å²) in [5.41, 5.74) is 12.7. The molecule has 6 aromatic rings. The molecule has 9 rings (SSSR count). The van der Waals surface area contributed by atoms with Crippen LogP contribution in [0, 0.1) is 11.3 Å². The van der Waals surface area contributed by atoms with E-state index in [-0.39, 0.29) is 12.0 Å². The molecule has 0 bridgehead atoms. The Bertz CT molecular complexity index is 2540. The molecule has 254 valence electrons. The number of hydrogen-bond donors (Lipinski definition) is 0. The molecule has 0 fully saturated rings. The number of benzene rings is 4. The van der Waals surface area contributed by atoms with Crippen LogP contribution in [0.1, 0.15) is 35.6 Å². The molecule has 3 aliphatic rings. The van der Waals surface area contributed by atoms with Crippen LogP contribution in [0.5, 0.6) is 0 Å². The number of anilines is 3. The molecule has 2 aliphatic carbocycles. The van der Waals surface area contributed by atoms with Gasteiger partial charge in [-0.05, 0) is 78.6 Å². The lowest BCUT2D eigenvalue weighted by molar-refractivity contribution is 0.516. The summed E-state index contributed by atoms with van der Waals surface area (Å²) in [4.78, 5) is 17.5. The molecule has 52 heavy (non-hydrogen) atoms. The maximum absolute atomic E-state index is 9.53. The minimum absolute atomic E-state index is 0.0341. The molecule has 7 nitrogen and oxygen atoms in total. The maximum Gasteiger partial charge on any atom is 0.231 e. The normalized spacial score (nSPS) is 17.5. The van der Waals surface area contributed by atoms with Crippen LogP contribution in [-0.2, 0) is 0 Å². The van der Waals surface area contributed by atoms with Gasteiger partial charge >= 0.3 is 0 Å². The van der Waals surface area contributed by atoms with Crippen LogP contribution >= 0.6 is 0 Å². The average molecular weight is 678 g/mol. The Morgan fingerprint density at radius 1 is 0.827 bits per heavy atom. The quantitative estimate of drug-likeness (QED) is 0.175. The van der Waals surface area contributed by atoms with Gasteiger partial charge in [0.1, 0.15) is 0 Å². The zero-order valence-electron chi connectivity index (χ0n) is 29.8. The molecule has 0 amide bonds. The number of nitrogens with zero attached hydrogens (tertiary/aromatic N) is 7. The predicted octanol–water partition coefficient (Wildman–Crippen LogP) is 9.53. The van der Waals surface area contributed by atoms with Crippen molar-refractivity contribution in [1.82, 2.24) is 19.4 Å². The van der Waals surface area contributed by atoms with E-state index in [0.29, 0.717) is 11.5 Å². The van der Waals surface area contributed by atoms with E-state index in [4.69, 9.17) is 9.97 Å². The van der Waals surface area contributed by atoms with Gasteiger partial charge in [-0.15, -0.1) is 0 Å². The Morgan fingerprint density at radius 3 is 2.37 bits per heavy atom.